The Morgan fingerprint density at radius 3 is 2.89 bits per heavy atom. The molecule has 19 heavy (non-hydrogen) atoms. The highest BCUT2D eigenvalue weighted by atomic mass is 35.5. The number of nitrogens with zero attached hydrogens (tertiary/aromatic N) is 5. The lowest BCUT2D eigenvalue weighted by Gasteiger charge is -2.11. The first-order valence-electron chi connectivity index (χ1n) is 5.44. The van der Waals surface area contributed by atoms with Gasteiger partial charge < -0.3 is 5.32 Å². The first kappa shape index (κ1) is 13.4. The molecule has 1 heterocycles. The van der Waals surface area contributed by atoms with Gasteiger partial charge in [0.25, 0.3) is 5.69 Å². The lowest BCUT2D eigenvalue weighted by molar-refractivity contribution is -0.384. The molecule has 1 aromatic carbocycles. The Kier molecular flexibility index (Phi) is 3.72. The average Bonchev–Trinajstić information content (AvgIpc) is 2.87. The van der Waals surface area contributed by atoms with Gasteiger partial charge in [-0.3, -0.25) is 10.1 Å². The molecule has 0 amide bonds. The van der Waals surface area contributed by atoms with Crippen molar-refractivity contribution in [3.05, 3.63) is 39.2 Å². The van der Waals surface area contributed by atoms with Crippen LogP contribution in [-0.4, -0.2) is 32.2 Å². The van der Waals surface area contributed by atoms with Crippen LogP contribution in [0.15, 0.2) is 18.2 Å². The van der Waals surface area contributed by atoms with Gasteiger partial charge in [-0.05, 0) is 30.5 Å². The second kappa shape index (κ2) is 5.29. The number of non-ortho nitro benzene ring substituents is 1. The van der Waals surface area contributed by atoms with E-state index in [2.05, 4.69) is 20.8 Å². The fraction of sp³-hybridized carbons (Fsp3) is 0.300. The molecule has 0 radical (unpaired) electrons. The third-order valence-electron chi connectivity index (χ3n) is 2.68. The molecule has 0 bridgehead atoms. The van der Waals surface area contributed by atoms with Crippen LogP contribution in [0.4, 0.5) is 5.69 Å². The molecular weight excluding hydrogens is 272 g/mol. The van der Waals surface area contributed by atoms with E-state index in [0.717, 1.165) is 0 Å². The van der Waals surface area contributed by atoms with Crippen LogP contribution in [0.3, 0.4) is 0 Å². The number of halogens is 1. The minimum absolute atomic E-state index is 0.0713. The molecule has 1 atom stereocenters. The van der Waals surface area contributed by atoms with E-state index in [-0.39, 0.29) is 11.7 Å². The smallest absolute Gasteiger partial charge is 0.271 e. The van der Waals surface area contributed by atoms with Gasteiger partial charge in [-0.25, -0.2) is 0 Å². The van der Waals surface area contributed by atoms with Crippen LogP contribution in [0.1, 0.15) is 18.8 Å². The minimum Gasteiger partial charge on any atom is -0.311 e. The Morgan fingerprint density at radius 1 is 1.53 bits per heavy atom. The molecule has 100 valence electrons. The summed E-state index contributed by atoms with van der Waals surface area (Å²) >= 11 is 6.05. The second-order valence-corrected chi connectivity index (χ2v) is 4.26. The first-order chi connectivity index (χ1) is 9.04. The predicted molar refractivity (Wildman–Crippen MR) is 68.3 cm³/mol. The molecule has 0 saturated carbocycles. The molecule has 1 aromatic heterocycles. The van der Waals surface area contributed by atoms with Gasteiger partial charge in [-0.1, -0.05) is 11.6 Å². The summed E-state index contributed by atoms with van der Waals surface area (Å²) < 4.78 is 1.39. The number of tetrazole rings is 1. The number of nitro groups is 1. The number of rotatable bonds is 4. The summed E-state index contributed by atoms with van der Waals surface area (Å²) in [6, 6.07) is 4.00. The van der Waals surface area contributed by atoms with Crippen LogP contribution in [0, 0.1) is 10.1 Å². The molecule has 9 heteroatoms. The average molecular weight is 283 g/mol. The van der Waals surface area contributed by atoms with Crippen LogP contribution in [0.2, 0.25) is 5.02 Å². The van der Waals surface area contributed by atoms with Gasteiger partial charge in [-0.2, -0.15) is 4.68 Å². The topological polar surface area (TPSA) is 98.8 Å². The van der Waals surface area contributed by atoms with E-state index in [1.165, 1.54) is 22.9 Å². The van der Waals surface area contributed by atoms with Gasteiger partial charge in [0.1, 0.15) is 0 Å². The highest BCUT2D eigenvalue weighted by Crippen LogP contribution is 2.26. The van der Waals surface area contributed by atoms with Gasteiger partial charge in [0.15, 0.2) is 5.82 Å². The number of nitrogens with one attached hydrogen (secondary N) is 1. The summed E-state index contributed by atoms with van der Waals surface area (Å²) in [4.78, 5) is 10.3. The van der Waals surface area contributed by atoms with E-state index >= 15 is 0 Å². The van der Waals surface area contributed by atoms with Crippen LogP contribution >= 0.6 is 11.6 Å². The summed E-state index contributed by atoms with van der Waals surface area (Å²) in [6.07, 6.45) is 0. The van der Waals surface area contributed by atoms with Gasteiger partial charge in [0.2, 0.25) is 0 Å². The van der Waals surface area contributed by atoms with E-state index in [1.54, 1.807) is 7.05 Å². The van der Waals surface area contributed by atoms with Crippen molar-refractivity contribution in [2.45, 2.75) is 13.0 Å². The summed E-state index contributed by atoms with van der Waals surface area (Å²) in [5.74, 6) is 0.518. The lowest BCUT2D eigenvalue weighted by atomic mass is 10.2. The van der Waals surface area contributed by atoms with Crippen molar-refractivity contribution in [1.82, 2.24) is 25.5 Å². The largest absolute Gasteiger partial charge is 0.311 e. The fourth-order valence-corrected chi connectivity index (χ4v) is 1.74. The van der Waals surface area contributed by atoms with Gasteiger partial charge in [0.05, 0.1) is 21.7 Å². The zero-order chi connectivity index (χ0) is 14.0. The van der Waals surface area contributed by atoms with E-state index in [4.69, 9.17) is 11.6 Å². The molecule has 0 fully saturated rings. The fourth-order valence-electron chi connectivity index (χ4n) is 1.54. The zero-order valence-corrected chi connectivity index (χ0v) is 11.0. The maximum atomic E-state index is 10.8. The van der Waals surface area contributed by atoms with Gasteiger partial charge >= 0.3 is 0 Å². The summed E-state index contributed by atoms with van der Waals surface area (Å²) in [7, 11) is 1.76. The molecule has 2 aromatic rings. The quantitative estimate of drug-likeness (QED) is 0.674. The lowest BCUT2D eigenvalue weighted by Crippen LogP contribution is -2.18. The molecule has 8 nitrogen and oxygen atoms in total. The van der Waals surface area contributed by atoms with Crippen molar-refractivity contribution in [1.29, 1.82) is 0 Å². The Hall–Kier alpha value is -2.06. The Bertz CT molecular complexity index is 614. The molecule has 0 spiro atoms. The molecule has 0 saturated heterocycles. The van der Waals surface area contributed by atoms with Crippen molar-refractivity contribution in [3.8, 4) is 5.69 Å². The SMILES string of the molecule is CNC(C)c1nnnn1-c1cc([N+](=O)[O-])ccc1Cl. The highest BCUT2D eigenvalue weighted by Gasteiger charge is 2.18. The van der Waals surface area contributed by atoms with Gasteiger partial charge in [0, 0.05) is 12.1 Å². The second-order valence-electron chi connectivity index (χ2n) is 3.85. The summed E-state index contributed by atoms with van der Waals surface area (Å²) in [5, 5.41) is 25.4. The minimum atomic E-state index is -0.495. The Labute approximate surface area is 113 Å². The number of hydrogen-bond donors (Lipinski definition) is 1. The molecule has 1 unspecified atom stereocenters. The number of aromatic nitrogens is 4. The maximum Gasteiger partial charge on any atom is 0.271 e. The predicted octanol–water partition coefficient (Wildman–Crippen LogP) is 1.50. The first-order valence-corrected chi connectivity index (χ1v) is 5.82. The van der Waals surface area contributed by atoms with Crippen LogP contribution < -0.4 is 5.32 Å². The van der Waals surface area contributed by atoms with Crippen LogP contribution in [0.5, 0.6) is 0 Å². The van der Waals surface area contributed by atoms with Crippen LogP contribution in [0.25, 0.3) is 5.69 Å². The zero-order valence-electron chi connectivity index (χ0n) is 10.2. The Balaban J connectivity index is 2.55. The van der Waals surface area contributed by atoms with Crippen molar-refractivity contribution >= 4 is 17.3 Å². The monoisotopic (exact) mass is 282 g/mol. The molecule has 2 rings (SSSR count). The van der Waals surface area contributed by atoms with Crippen molar-refractivity contribution in [2.24, 2.45) is 0 Å². The van der Waals surface area contributed by atoms with E-state index in [0.29, 0.717) is 16.5 Å². The van der Waals surface area contributed by atoms with Crippen molar-refractivity contribution in [3.63, 3.8) is 0 Å². The maximum absolute atomic E-state index is 10.8. The molecule has 0 aliphatic heterocycles. The Morgan fingerprint density at radius 2 is 2.26 bits per heavy atom. The van der Waals surface area contributed by atoms with Crippen LogP contribution in [-0.2, 0) is 0 Å². The molecule has 0 aliphatic rings. The van der Waals surface area contributed by atoms with E-state index in [9.17, 15) is 10.1 Å². The van der Waals surface area contributed by atoms with E-state index in [1.807, 2.05) is 6.92 Å². The highest BCUT2D eigenvalue weighted by molar-refractivity contribution is 6.32. The number of nitro benzene ring substituents is 1. The molecule has 1 N–H and O–H groups in total. The molecular formula is C10H11ClN6O2. The number of hydrogen-bond acceptors (Lipinski definition) is 6. The van der Waals surface area contributed by atoms with E-state index < -0.39 is 4.92 Å². The number of benzene rings is 1. The van der Waals surface area contributed by atoms with Gasteiger partial charge in [-0.15, -0.1) is 5.10 Å². The standard InChI is InChI=1S/C10H11ClN6O2/c1-6(12-2)10-13-14-15-16(10)9-5-7(17(18)19)3-4-8(9)11/h3-6,12H,1-2H3. The summed E-state index contributed by atoms with van der Waals surface area (Å²) in [5.41, 5.74) is 0.302. The third-order valence-corrected chi connectivity index (χ3v) is 3.00. The third kappa shape index (κ3) is 2.54. The van der Waals surface area contributed by atoms with Crippen molar-refractivity contribution in [2.75, 3.05) is 7.05 Å². The van der Waals surface area contributed by atoms with Crippen molar-refractivity contribution < 1.29 is 4.92 Å². The summed E-state index contributed by atoms with van der Waals surface area (Å²) in [6.45, 7) is 1.87. The molecule has 0 aliphatic carbocycles. The normalized spacial score (nSPS) is 12.4.